The quantitative estimate of drug-likeness (QED) is 0.604. The number of amides is 1. The number of nitrogens with zero attached hydrogens (tertiary/aromatic N) is 2. The Labute approximate surface area is 213 Å². The molecule has 2 aromatic rings. The predicted molar refractivity (Wildman–Crippen MR) is 134 cm³/mol. The average Bonchev–Trinajstić information content (AvgIpc) is 3.71. The van der Waals surface area contributed by atoms with Crippen molar-refractivity contribution in [2.75, 3.05) is 39.3 Å². The molecule has 8 heteroatoms. The van der Waals surface area contributed by atoms with E-state index in [2.05, 4.69) is 17.0 Å². The van der Waals surface area contributed by atoms with E-state index in [0.29, 0.717) is 44.0 Å². The number of rotatable bonds is 5. The zero-order valence-corrected chi connectivity index (χ0v) is 21.2. The normalized spacial score (nSPS) is 27.8. The minimum atomic E-state index is -0.912. The van der Waals surface area contributed by atoms with Crippen LogP contribution in [0.25, 0.3) is 0 Å². The Morgan fingerprint density at radius 2 is 1.83 bits per heavy atom. The maximum Gasteiger partial charge on any atom is 0.225 e. The lowest BCUT2D eigenvalue weighted by Gasteiger charge is -2.45. The molecule has 36 heavy (non-hydrogen) atoms. The summed E-state index contributed by atoms with van der Waals surface area (Å²) in [5.74, 6) is -0.911. The Balaban J connectivity index is 1.19. The van der Waals surface area contributed by atoms with E-state index in [-0.39, 0.29) is 16.6 Å². The van der Waals surface area contributed by atoms with Gasteiger partial charge in [-0.05, 0) is 74.0 Å². The van der Waals surface area contributed by atoms with Gasteiger partial charge in [-0.25, -0.2) is 8.78 Å². The third-order valence-electron chi connectivity index (χ3n) is 8.60. The third-order valence-corrected chi connectivity index (χ3v) is 10.7. The molecule has 1 unspecified atom stereocenters. The number of fused-ring (bicyclic) bond motifs is 2. The van der Waals surface area contributed by atoms with Crippen LogP contribution in [-0.4, -0.2) is 59.2 Å². The van der Waals surface area contributed by atoms with Gasteiger partial charge in [-0.1, -0.05) is 30.3 Å². The van der Waals surface area contributed by atoms with Crippen LogP contribution in [0.2, 0.25) is 0 Å². The van der Waals surface area contributed by atoms with Crippen molar-refractivity contribution in [1.82, 2.24) is 9.80 Å². The second kappa shape index (κ2) is 9.30. The molecule has 3 heterocycles. The molecule has 2 aromatic carbocycles. The largest absolute Gasteiger partial charge is 0.367 e. The fourth-order valence-electron chi connectivity index (χ4n) is 6.28. The highest BCUT2D eigenvalue weighted by Crippen LogP contribution is 2.47. The van der Waals surface area contributed by atoms with Gasteiger partial charge in [0.25, 0.3) is 0 Å². The van der Waals surface area contributed by atoms with Crippen molar-refractivity contribution < 1.29 is 22.5 Å². The summed E-state index contributed by atoms with van der Waals surface area (Å²) in [4.78, 5) is 17.1. The average molecular weight is 515 g/mol. The van der Waals surface area contributed by atoms with E-state index < -0.39 is 28.0 Å². The number of carbonyl (C=O) groups excluding carboxylic acids is 1. The molecule has 0 bridgehead atoms. The molecule has 0 N–H and O–H groups in total. The fraction of sp³-hybridized carbons (Fsp3) is 0.536. The number of likely N-dealkylation sites (tertiary alicyclic amines) is 1. The summed E-state index contributed by atoms with van der Waals surface area (Å²) in [5, 5.41) is 0. The molecule has 6 rings (SSSR count). The first-order valence-corrected chi connectivity index (χ1v) is 14.3. The van der Waals surface area contributed by atoms with E-state index in [1.54, 1.807) is 6.07 Å². The summed E-state index contributed by atoms with van der Waals surface area (Å²) < 4.78 is 47.2. The smallest absolute Gasteiger partial charge is 0.225 e. The Morgan fingerprint density at radius 1 is 1.06 bits per heavy atom. The van der Waals surface area contributed by atoms with Crippen LogP contribution in [0.15, 0.2) is 42.5 Å². The van der Waals surface area contributed by atoms with Gasteiger partial charge in [-0.15, -0.1) is 0 Å². The summed E-state index contributed by atoms with van der Waals surface area (Å²) >= 11 is 0. The van der Waals surface area contributed by atoms with Gasteiger partial charge in [-0.2, -0.15) is 0 Å². The highest BCUT2D eigenvalue weighted by Gasteiger charge is 2.48. The van der Waals surface area contributed by atoms with E-state index in [9.17, 15) is 17.8 Å². The van der Waals surface area contributed by atoms with Crippen molar-refractivity contribution in [2.24, 2.45) is 5.92 Å². The molecule has 1 amide bonds. The first kappa shape index (κ1) is 24.2. The van der Waals surface area contributed by atoms with Crippen molar-refractivity contribution in [3.05, 3.63) is 70.8 Å². The van der Waals surface area contributed by atoms with Gasteiger partial charge in [0, 0.05) is 35.6 Å². The van der Waals surface area contributed by atoms with Crippen LogP contribution in [0.3, 0.4) is 0 Å². The van der Waals surface area contributed by atoms with Crippen LogP contribution in [0.1, 0.15) is 48.8 Å². The standard InChI is InChI=1S/C28H32F2N2O3S/c29-24-8-7-22(17-25(24)30)27(19-32(15-16-35-27)26(33)20-5-6-20)9-12-31-13-10-28(11-14-31)23-4-2-1-3-21(23)18-36(28)34/h1-4,7-8,17,20H,5-6,9-16,18-19H2/t27-,36?/m0/s1. The maximum absolute atomic E-state index is 14.3. The van der Waals surface area contributed by atoms with Crippen molar-refractivity contribution in [3.63, 3.8) is 0 Å². The number of carbonyl (C=O) groups is 1. The molecule has 2 saturated heterocycles. The van der Waals surface area contributed by atoms with Gasteiger partial charge < -0.3 is 14.5 Å². The molecular weight excluding hydrogens is 482 g/mol. The van der Waals surface area contributed by atoms with Crippen LogP contribution < -0.4 is 0 Å². The molecular formula is C28H32F2N2O3S. The first-order chi connectivity index (χ1) is 17.4. The molecule has 1 saturated carbocycles. The predicted octanol–water partition coefficient (Wildman–Crippen LogP) is 4.07. The lowest BCUT2D eigenvalue weighted by atomic mass is 9.85. The van der Waals surface area contributed by atoms with Gasteiger partial charge >= 0.3 is 0 Å². The molecule has 5 nitrogen and oxygen atoms in total. The summed E-state index contributed by atoms with van der Waals surface area (Å²) in [6, 6.07) is 12.2. The number of piperidine rings is 1. The van der Waals surface area contributed by atoms with Gasteiger partial charge in [0.05, 0.1) is 17.9 Å². The highest BCUT2D eigenvalue weighted by atomic mass is 32.2. The van der Waals surface area contributed by atoms with Crippen LogP contribution in [-0.2, 0) is 36.4 Å². The molecule has 0 aromatic heterocycles. The second-order valence-electron chi connectivity index (χ2n) is 10.7. The number of hydrogen-bond donors (Lipinski definition) is 0. The van der Waals surface area contributed by atoms with E-state index in [4.69, 9.17) is 4.74 Å². The first-order valence-electron chi connectivity index (χ1n) is 13.0. The Kier molecular flexibility index (Phi) is 6.25. The maximum atomic E-state index is 14.3. The minimum absolute atomic E-state index is 0.0965. The van der Waals surface area contributed by atoms with Gasteiger partial charge in [0.15, 0.2) is 11.6 Å². The van der Waals surface area contributed by atoms with E-state index in [1.807, 2.05) is 17.0 Å². The van der Waals surface area contributed by atoms with Crippen LogP contribution >= 0.6 is 0 Å². The van der Waals surface area contributed by atoms with Crippen molar-refractivity contribution in [2.45, 2.75) is 48.2 Å². The lowest BCUT2D eigenvalue weighted by Crippen LogP contribution is -2.54. The van der Waals surface area contributed by atoms with E-state index in [0.717, 1.165) is 44.8 Å². The molecule has 3 fully saturated rings. The van der Waals surface area contributed by atoms with Gasteiger partial charge in [0.1, 0.15) is 5.60 Å². The SMILES string of the molecule is O=C(C1CC1)N1CCO[C@](CCN2CCC3(CC2)c2ccccc2CS3=O)(c2ccc(F)c(F)c2)C1. The minimum Gasteiger partial charge on any atom is -0.367 e. The van der Waals surface area contributed by atoms with Gasteiger partial charge in [-0.3, -0.25) is 9.00 Å². The highest BCUT2D eigenvalue weighted by molar-refractivity contribution is 7.85. The summed E-state index contributed by atoms with van der Waals surface area (Å²) in [7, 11) is -0.912. The third kappa shape index (κ3) is 4.21. The Bertz CT molecular complexity index is 1200. The molecule has 4 aliphatic rings. The number of halogens is 2. The van der Waals surface area contributed by atoms with Crippen molar-refractivity contribution >= 4 is 16.7 Å². The van der Waals surface area contributed by atoms with Crippen LogP contribution in [0.5, 0.6) is 0 Å². The summed E-state index contributed by atoms with van der Waals surface area (Å²) in [6.07, 6.45) is 4.09. The topological polar surface area (TPSA) is 49.9 Å². The van der Waals surface area contributed by atoms with Gasteiger partial charge in [0.2, 0.25) is 5.91 Å². The number of benzene rings is 2. The molecule has 1 spiro atoms. The van der Waals surface area contributed by atoms with E-state index >= 15 is 0 Å². The molecule has 2 atom stereocenters. The number of ether oxygens (including phenoxy) is 1. The fourth-order valence-corrected chi connectivity index (χ4v) is 8.17. The zero-order valence-electron chi connectivity index (χ0n) is 20.4. The number of hydrogen-bond acceptors (Lipinski definition) is 4. The molecule has 3 aliphatic heterocycles. The second-order valence-corrected chi connectivity index (χ2v) is 12.5. The zero-order chi connectivity index (χ0) is 24.9. The molecule has 0 radical (unpaired) electrons. The Morgan fingerprint density at radius 3 is 2.58 bits per heavy atom. The van der Waals surface area contributed by atoms with Crippen LogP contribution in [0.4, 0.5) is 8.78 Å². The monoisotopic (exact) mass is 514 g/mol. The van der Waals surface area contributed by atoms with Crippen LogP contribution in [0, 0.1) is 17.6 Å². The van der Waals surface area contributed by atoms with Crippen molar-refractivity contribution in [1.29, 1.82) is 0 Å². The molecule has 1 aliphatic carbocycles. The molecule has 192 valence electrons. The van der Waals surface area contributed by atoms with E-state index in [1.165, 1.54) is 17.2 Å². The number of morpholine rings is 1. The lowest BCUT2D eigenvalue weighted by molar-refractivity contribution is -0.156. The Hall–Kier alpha value is -2.16. The summed E-state index contributed by atoms with van der Waals surface area (Å²) in [6.45, 7) is 3.59. The van der Waals surface area contributed by atoms with Crippen molar-refractivity contribution in [3.8, 4) is 0 Å². The summed E-state index contributed by atoms with van der Waals surface area (Å²) in [5.41, 5.74) is 2.15.